The molecule has 1 fully saturated rings. The number of ether oxygens (including phenoxy) is 3. The molecule has 0 spiro atoms. The van der Waals surface area contributed by atoms with Gasteiger partial charge in [0.15, 0.2) is 23.6 Å². The Morgan fingerprint density at radius 3 is 2.63 bits per heavy atom. The molecule has 0 saturated carbocycles. The Kier molecular flexibility index (Phi) is 13.3. The minimum atomic E-state index is -1.34. The molecule has 1 saturated heterocycles. The molecule has 0 radical (unpaired) electrons. The lowest BCUT2D eigenvalue weighted by molar-refractivity contribution is -0.141. The number of allylic oxidation sites excluding steroid dienone is 1. The average Bonchev–Trinajstić information content (AvgIpc) is 3.55. The molecule has 5 rings (SSSR count). The molecular formula is C37H54N8O9. The van der Waals surface area contributed by atoms with Gasteiger partial charge in [-0.05, 0) is 89.1 Å². The highest BCUT2D eigenvalue weighted by Crippen LogP contribution is 2.57. The maximum Gasteiger partial charge on any atom is 0.415 e. The number of nitrogens with one attached hydrogen (secondary N) is 3. The van der Waals surface area contributed by atoms with Crippen molar-refractivity contribution in [2.75, 3.05) is 40.3 Å². The van der Waals surface area contributed by atoms with E-state index in [0.717, 1.165) is 37.8 Å². The Morgan fingerprint density at radius 1 is 1.15 bits per heavy atom. The molecule has 4 aliphatic rings. The molecule has 54 heavy (non-hydrogen) atoms. The summed E-state index contributed by atoms with van der Waals surface area (Å²) in [5.41, 5.74) is 13.2. The number of nitrogens with zero attached hydrogens (tertiary/aromatic N) is 3. The van der Waals surface area contributed by atoms with Gasteiger partial charge in [0.1, 0.15) is 24.3 Å². The summed E-state index contributed by atoms with van der Waals surface area (Å²) in [6.07, 6.45) is 4.60. The fourth-order valence-electron chi connectivity index (χ4n) is 8.10. The summed E-state index contributed by atoms with van der Waals surface area (Å²) >= 11 is 0. The molecule has 0 aromatic heterocycles. The number of guanidine groups is 1. The lowest BCUT2D eigenvalue weighted by Gasteiger charge is -2.44. The second-order valence-electron chi connectivity index (χ2n) is 14.4. The van der Waals surface area contributed by atoms with E-state index in [4.69, 9.17) is 30.8 Å². The first-order valence-electron chi connectivity index (χ1n) is 18.7. The SMILES string of the molecule is CCN(C)[C@@H]1Cc2ccc(OC)c3c2C2[C@H]1CC=C(OC(=O)N1CCCC[C@@H]1CNC(=O)[C@H](CCCN=C(N)N)NC(=O)[C@H](C)NC(=O)CC(=O)O)[C@@H]2O3. The fourth-order valence-corrected chi connectivity index (χ4v) is 8.10. The highest BCUT2D eigenvalue weighted by atomic mass is 16.6. The third kappa shape index (κ3) is 9.17. The Morgan fingerprint density at radius 2 is 1.93 bits per heavy atom. The number of rotatable bonds is 16. The van der Waals surface area contributed by atoms with Gasteiger partial charge in [-0.2, -0.15) is 0 Å². The van der Waals surface area contributed by atoms with Crippen molar-refractivity contribution < 1.29 is 43.3 Å². The van der Waals surface area contributed by atoms with E-state index in [0.29, 0.717) is 42.7 Å². The molecule has 296 valence electrons. The number of likely N-dealkylation sites (N-methyl/N-ethyl adjacent to an activating group) is 1. The largest absolute Gasteiger partial charge is 0.493 e. The molecule has 2 aliphatic heterocycles. The monoisotopic (exact) mass is 754 g/mol. The van der Waals surface area contributed by atoms with Gasteiger partial charge in [0, 0.05) is 37.2 Å². The molecular weight excluding hydrogens is 700 g/mol. The number of benzene rings is 1. The van der Waals surface area contributed by atoms with E-state index in [-0.39, 0.29) is 43.3 Å². The standard InChI is InChI=1S/C37H54N8O9/c1-5-44(3)25-17-21-11-13-26(52-4)32-30(21)31-23(25)12-14-27(33(31)54-32)53-37(51)45-16-7-6-9-22(45)19-41-35(50)24(10-8-15-40-36(38)39)43-34(49)20(2)42-28(46)18-29(47)48/h11,13-14,20,22-25,31,33H,5-10,12,15-19H2,1-4H3,(H,41,50)(H,42,46)(H,43,49)(H,47,48)(H4,38,39,40)/t20-,22+,23-,24-,25+,31?,33-/m0/s1. The highest BCUT2D eigenvalue weighted by Gasteiger charge is 2.53. The van der Waals surface area contributed by atoms with E-state index < -0.39 is 54.4 Å². The van der Waals surface area contributed by atoms with Crippen LogP contribution in [0.1, 0.15) is 75.8 Å². The van der Waals surface area contributed by atoms with E-state index >= 15 is 0 Å². The van der Waals surface area contributed by atoms with Gasteiger partial charge in [0.05, 0.1) is 13.2 Å². The Hall–Kier alpha value is -5.06. The summed E-state index contributed by atoms with van der Waals surface area (Å²) in [4.78, 5) is 71.1. The molecule has 1 aromatic rings. The van der Waals surface area contributed by atoms with Gasteiger partial charge in [0.25, 0.3) is 0 Å². The van der Waals surface area contributed by atoms with Crippen LogP contribution in [-0.2, 0) is 30.3 Å². The summed E-state index contributed by atoms with van der Waals surface area (Å²) in [5.74, 6) is -1.32. The zero-order chi connectivity index (χ0) is 39.1. The van der Waals surface area contributed by atoms with Gasteiger partial charge in [-0.1, -0.05) is 13.0 Å². The third-order valence-electron chi connectivity index (χ3n) is 10.9. The number of hydrogen-bond donors (Lipinski definition) is 6. The summed E-state index contributed by atoms with van der Waals surface area (Å²) in [5, 5.41) is 16.7. The summed E-state index contributed by atoms with van der Waals surface area (Å²) < 4.78 is 18.4. The molecule has 17 nitrogen and oxygen atoms in total. The second kappa shape index (κ2) is 17.8. The number of likely N-dealkylation sites (tertiary alicyclic amines) is 1. The van der Waals surface area contributed by atoms with Crippen molar-refractivity contribution >= 4 is 35.7 Å². The van der Waals surface area contributed by atoms with Gasteiger partial charge in [-0.25, -0.2) is 4.79 Å². The van der Waals surface area contributed by atoms with Crippen LogP contribution in [0.5, 0.6) is 11.5 Å². The van der Waals surface area contributed by atoms with Crippen LogP contribution in [0.3, 0.4) is 0 Å². The Bertz CT molecular complexity index is 1650. The normalized spacial score (nSPS) is 23.5. The number of aliphatic imine (C=N–C) groups is 1. The maximum atomic E-state index is 13.9. The minimum absolute atomic E-state index is 0.00873. The van der Waals surface area contributed by atoms with Crippen molar-refractivity contribution in [3.63, 3.8) is 0 Å². The molecule has 2 heterocycles. The minimum Gasteiger partial charge on any atom is -0.493 e. The van der Waals surface area contributed by atoms with Crippen LogP contribution >= 0.6 is 0 Å². The molecule has 8 N–H and O–H groups in total. The van der Waals surface area contributed by atoms with Crippen molar-refractivity contribution in [2.24, 2.45) is 22.4 Å². The number of nitrogens with two attached hydrogens (primary N) is 2. The van der Waals surface area contributed by atoms with Gasteiger partial charge in [-0.15, -0.1) is 0 Å². The average molecular weight is 755 g/mol. The van der Waals surface area contributed by atoms with E-state index in [2.05, 4.69) is 45.9 Å². The van der Waals surface area contributed by atoms with Crippen molar-refractivity contribution in [1.82, 2.24) is 25.8 Å². The van der Waals surface area contributed by atoms with Crippen molar-refractivity contribution in [3.8, 4) is 11.5 Å². The van der Waals surface area contributed by atoms with Gasteiger partial charge in [-0.3, -0.25) is 24.2 Å². The number of carboxylic acids is 1. The van der Waals surface area contributed by atoms with Crippen LogP contribution in [0.2, 0.25) is 0 Å². The van der Waals surface area contributed by atoms with Gasteiger partial charge in [0.2, 0.25) is 17.7 Å². The van der Waals surface area contributed by atoms with Crippen molar-refractivity contribution in [1.29, 1.82) is 0 Å². The summed E-state index contributed by atoms with van der Waals surface area (Å²) in [7, 11) is 3.77. The maximum absolute atomic E-state index is 13.9. The highest BCUT2D eigenvalue weighted by molar-refractivity contribution is 5.96. The zero-order valence-electron chi connectivity index (χ0n) is 31.5. The topological polar surface area (TPSA) is 240 Å². The van der Waals surface area contributed by atoms with Crippen LogP contribution in [0.25, 0.3) is 0 Å². The van der Waals surface area contributed by atoms with Crippen LogP contribution in [-0.4, -0.2) is 121 Å². The zero-order valence-corrected chi connectivity index (χ0v) is 31.5. The van der Waals surface area contributed by atoms with E-state index in [1.165, 1.54) is 12.5 Å². The fraction of sp³-hybridized carbons (Fsp3) is 0.622. The first-order chi connectivity index (χ1) is 25.8. The van der Waals surface area contributed by atoms with Crippen LogP contribution < -0.4 is 36.9 Å². The lowest BCUT2D eigenvalue weighted by atomic mass is 9.66. The number of piperidine rings is 1. The van der Waals surface area contributed by atoms with E-state index in [9.17, 15) is 24.0 Å². The number of carbonyl (C=O) groups excluding carboxylic acids is 4. The first kappa shape index (κ1) is 40.1. The number of carbonyl (C=O) groups is 5. The smallest absolute Gasteiger partial charge is 0.415 e. The number of methoxy groups -OCH3 is 1. The Labute approximate surface area is 315 Å². The number of aliphatic carboxylic acids is 1. The first-order valence-corrected chi connectivity index (χ1v) is 18.7. The lowest BCUT2D eigenvalue weighted by Crippen LogP contribution is -2.55. The molecule has 1 aromatic carbocycles. The van der Waals surface area contributed by atoms with Gasteiger partial charge >= 0.3 is 12.1 Å². The molecule has 0 bridgehead atoms. The predicted molar refractivity (Wildman–Crippen MR) is 198 cm³/mol. The van der Waals surface area contributed by atoms with Crippen LogP contribution in [0.4, 0.5) is 4.79 Å². The number of amides is 4. The third-order valence-corrected chi connectivity index (χ3v) is 10.9. The van der Waals surface area contributed by atoms with E-state index in [1.54, 1.807) is 12.0 Å². The van der Waals surface area contributed by atoms with Crippen molar-refractivity contribution in [2.45, 2.75) is 101 Å². The van der Waals surface area contributed by atoms with Crippen LogP contribution in [0, 0.1) is 5.92 Å². The summed E-state index contributed by atoms with van der Waals surface area (Å²) in [6.45, 7) is 5.22. The van der Waals surface area contributed by atoms with Gasteiger partial charge < -0.3 is 56.5 Å². The Balaban J connectivity index is 1.25. The van der Waals surface area contributed by atoms with E-state index in [1.807, 2.05) is 12.1 Å². The molecule has 17 heteroatoms. The summed E-state index contributed by atoms with van der Waals surface area (Å²) in [6, 6.07) is 1.87. The molecule has 7 atom stereocenters. The van der Waals surface area contributed by atoms with Crippen molar-refractivity contribution in [3.05, 3.63) is 35.1 Å². The molecule has 4 amide bonds. The molecule has 1 unspecified atom stereocenters. The van der Waals surface area contributed by atoms with Crippen LogP contribution in [0.15, 0.2) is 29.0 Å². The number of hydrogen-bond acceptors (Lipinski definition) is 10. The predicted octanol–water partition coefficient (Wildman–Crippen LogP) is 0.945. The molecule has 2 aliphatic carbocycles. The quantitative estimate of drug-likeness (QED) is 0.0599. The second-order valence-corrected chi connectivity index (χ2v) is 14.4. The number of carboxylic acid groups (broad SMARTS) is 1.